The molecule has 0 saturated carbocycles. The van der Waals surface area contributed by atoms with Crippen molar-refractivity contribution in [2.75, 3.05) is 6.54 Å². The molecule has 0 unspecified atom stereocenters. The van der Waals surface area contributed by atoms with Crippen molar-refractivity contribution in [3.05, 3.63) is 70.9 Å². The monoisotopic (exact) mass is 397 g/mol. The normalized spacial score (nSPS) is 19.1. The summed E-state index contributed by atoms with van der Waals surface area (Å²) in [7, 11) is 0. The highest BCUT2D eigenvalue weighted by molar-refractivity contribution is 6.15. The van der Waals surface area contributed by atoms with Gasteiger partial charge in [0.05, 0.1) is 6.54 Å². The summed E-state index contributed by atoms with van der Waals surface area (Å²) in [6.45, 7) is 2.50. The highest BCUT2D eigenvalue weighted by Crippen LogP contribution is 2.32. The van der Waals surface area contributed by atoms with Gasteiger partial charge in [-0.15, -0.1) is 0 Å². The molecule has 0 radical (unpaired) electrons. The van der Waals surface area contributed by atoms with Gasteiger partial charge in [-0.05, 0) is 38.1 Å². The lowest BCUT2D eigenvalue weighted by Crippen LogP contribution is -2.42. The fraction of sp³-hybridized carbons (Fsp3) is 0.190. The van der Waals surface area contributed by atoms with Crippen LogP contribution in [0.2, 0.25) is 0 Å². The zero-order valence-corrected chi connectivity index (χ0v) is 15.7. The summed E-state index contributed by atoms with van der Waals surface area (Å²) < 4.78 is 27.9. The fourth-order valence-corrected chi connectivity index (χ4v) is 3.76. The Balaban J connectivity index is 1.67. The zero-order chi connectivity index (χ0) is 20.9. The smallest absolute Gasteiger partial charge is 0.325 e. The second-order valence-electron chi connectivity index (χ2n) is 7.16. The van der Waals surface area contributed by atoms with Crippen molar-refractivity contribution in [2.24, 2.45) is 0 Å². The van der Waals surface area contributed by atoms with E-state index in [1.807, 2.05) is 12.1 Å². The van der Waals surface area contributed by atoms with E-state index in [9.17, 15) is 23.2 Å². The van der Waals surface area contributed by atoms with Crippen molar-refractivity contribution in [1.29, 1.82) is 0 Å². The van der Waals surface area contributed by atoms with Crippen molar-refractivity contribution in [3.8, 4) is 0 Å². The number of fused-ring (bicyclic) bond motifs is 1. The van der Waals surface area contributed by atoms with Crippen LogP contribution in [0.25, 0.3) is 10.9 Å². The largest absolute Gasteiger partial charge is 0.358 e. The van der Waals surface area contributed by atoms with E-state index in [-0.39, 0.29) is 5.56 Å². The molecule has 3 amide bonds. The molecule has 1 aliphatic rings. The molecular formula is C21H17F2N3O3. The van der Waals surface area contributed by atoms with Gasteiger partial charge in [0.25, 0.3) is 5.91 Å². The Labute approximate surface area is 164 Å². The molecule has 8 heteroatoms. The van der Waals surface area contributed by atoms with Gasteiger partial charge in [0.2, 0.25) is 0 Å². The highest BCUT2D eigenvalue weighted by atomic mass is 19.1. The van der Waals surface area contributed by atoms with Crippen LogP contribution in [0.3, 0.4) is 0 Å². The number of ketones is 1. The van der Waals surface area contributed by atoms with Gasteiger partial charge in [0.15, 0.2) is 5.78 Å². The maximum absolute atomic E-state index is 14.2. The number of nitrogens with one attached hydrogen (secondary N) is 2. The maximum atomic E-state index is 14.2. The average molecular weight is 397 g/mol. The average Bonchev–Trinajstić information content (AvgIpc) is 3.12. The lowest BCUT2D eigenvalue weighted by molar-refractivity contribution is -0.130. The number of aromatic amines is 1. The summed E-state index contributed by atoms with van der Waals surface area (Å²) in [5.74, 6) is -2.83. The number of rotatable bonds is 4. The first kappa shape index (κ1) is 18.8. The predicted octanol–water partition coefficient (Wildman–Crippen LogP) is 3.40. The van der Waals surface area contributed by atoms with Crippen molar-refractivity contribution in [3.63, 3.8) is 0 Å². The number of imide groups is 1. The van der Waals surface area contributed by atoms with Gasteiger partial charge < -0.3 is 10.3 Å². The Morgan fingerprint density at radius 1 is 1.14 bits per heavy atom. The molecule has 1 fully saturated rings. The summed E-state index contributed by atoms with van der Waals surface area (Å²) in [4.78, 5) is 42.1. The predicted molar refractivity (Wildman–Crippen MR) is 101 cm³/mol. The number of hydrogen-bond donors (Lipinski definition) is 2. The third-order valence-corrected chi connectivity index (χ3v) is 5.22. The lowest BCUT2D eigenvalue weighted by atomic mass is 9.91. The molecule has 2 N–H and O–H groups in total. The van der Waals surface area contributed by atoms with Crippen molar-refractivity contribution in [2.45, 2.75) is 19.4 Å². The molecule has 29 heavy (non-hydrogen) atoms. The number of para-hydroxylation sites is 1. The van der Waals surface area contributed by atoms with Gasteiger partial charge in [-0.25, -0.2) is 13.6 Å². The zero-order valence-electron chi connectivity index (χ0n) is 15.7. The number of hydrogen-bond acceptors (Lipinski definition) is 3. The first-order chi connectivity index (χ1) is 13.7. The standard InChI is InChI=1S/C21H17F2N3O3/c1-11-18(13-5-3-4-6-16(13)24-11)17(27)10-26-19(28)21(2,25-20(26)29)14-9-12(22)7-8-15(14)23/h3-9,24H,10H2,1-2H3,(H,25,29)/t21-/m0/s1. The van der Waals surface area contributed by atoms with Gasteiger partial charge in [0.1, 0.15) is 17.2 Å². The quantitative estimate of drug-likeness (QED) is 0.523. The second kappa shape index (κ2) is 6.51. The number of Topliss-reactive ketones (excluding diaryl/α,β-unsaturated/α-hetero) is 1. The Bertz CT molecular complexity index is 1190. The molecule has 0 bridgehead atoms. The van der Waals surface area contributed by atoms with Crippen LogP contribution in [-0.2, 0) is 10.3 Å². The minimum atomic E-state index is -1.81. The van der Waals surface area contributed by atoms with E-state index in [1.54, 1.807) is 19.1 Å². The Hall–Kier alpha value is -3.55. The van der Waals surface area contributed by atoms with E-state index in [0.717, 1.165) is 28.6 Å². The van der Waals surface area contributed by atoms with E-state index in [4.69, 9.17) is 0 Å². The lowest BCUT2D eigenvalue weighted by Gasteiger charge is -2.22. The van der Waals surface area contributed by atoms with Crippen LogP contribution in [0.4, 0.5) is 13.6 Å². The van der Waals surface area contributed by atoms with Crippen LogP contribution < -0.4 is 5.32 Å². The molecule has 1 atom stereocenters. The Morgan fingerprint density at radius 2 is 1.86 bits per heavy atom. The van der Waals surface area contributed by atoms with Crippen molar-refractivity contribution < 1.29 is 23.2 Å². The first-order valence-electron chi connectivity index (χ1n) is 8.92. The van der Waals surface area contributed by atoms with Crippen LogP contribution in [0, 0.1) is 18.6 Å². The Kier molecular flexibility index (Phi) is 4.22. The number of aromatic nitrogens is 1. The van der Waals surface area contributed by atoms with E-state index >= 15 is 0 Å². The molecule has 2 aromatic carbocycles. The molecule has 4 rings (SSSR count). The number of H-pyrrole nitrogens is 1. The van der Waals surface area contributed by atoms with Gasteiger partial charge in [-0.2, -0.15) is 0 Å². The molecule has 3 aromatic rings. The molecular weight excluding hydrogens is 380 g/mol. The molecule has 6 nitrogen and oxygen atoms in total. The molecule has 148 valence electrons. The number of urea groups is 1. The van der Waals surface area contributed by atoms with E-state index in [2.05, 4.69) is 10.3 Å². The topological polar surface area (TPSA) is 82.3 Å². The number of nitrogens with zero attached hydrogens (tertiary/aromatic N) is 1. The van der Waals surface area contributed by atoms with Crippen LogP contribution in [0.5, 0.6) is 0 Å². The fourth-order valence-electron chi connectivity index (χ4n) is 3.76. The number of benzene rings is 2. The molecule has 1 aromatic heterocycles. The number of amides is 3. The first-order valence-corrected chi connectivity index (χ1v) is 8.92. The van der Waals surface area contributed by atoms with Crippen LogP contribution >= 0.6 is 0 Å². The summed E-state index contributed by atoms with van der Waals surface area (Å²) in [5, 5.41) is 3.07. The molecule has 1 aliphatic heterocycles. The van der Waals surface area contributed by atoms with Gasteiger partial charge in [0, 0.05) is 27.7 Å². The summed E-state index contributed by atoms with van der Waals surface area (Å²) in [5.41, 5.74) is -0.348. The van der Waals surface area contributed by atoms with Crippen molar-refractivity contribution in [1.82, 2.24) is 15.2 Å². The van der Waals surface area contributed by atoms with Crippen molar-refractivity contribution >= 4 is 28.6 Å². The molecule has 2 heterocycles. The SMILES string of the molecule is Cc1[nH]c2ccccc2c1C(=O)CN1C(=O)N[C@@](C)(c2cc(F)ccc2F)C1=O. The van der Waals surface area contributed by atoms with Crippen LogP contribution in [0.1, 0.15) is 28.5 Å². The minimum absolute atomic E-state index is 0.297. The number of aryl methyl sites for hydroxylation is 1. The third kappa shape index (κ3) is 2.88. The molecule has 0 aliphatic carbocycles. The van der Waals surface area contributed by atoms with Gasteiger partial charge in [-0.3, -0.25) is 14.5 Å². The maximum Gasteiger partial charge on any atom is 0.325 e. The van der Waals surface area contributed by atoms with E-state index in [0.29, 0.717) is 16.6 Å². The van der Waals surface area contributed by atoms with E-state index in [1.165, 1.54) is 6.92 Å². The van der Waals surface area contributed by atoms with Crippen LogP contribution in [-0.4, -0.2) is 34.2 Å². The van der Waals surface area contributed by atoms with Gasteiger partial charge in [-0.1, -0.05) is 18.2 Å². The minimum Gasteiger partial charge on any atom is -0.358 e. The third-order valence-electron chi connectivity index (χ3n) is 5.22. The molecule has 1 saturated heterocycles. The summed E-state index contributed by atoms with van der Waals surface area (Å²) >= 11 is 0. The molecule has 0 spiro atoms. The van der Waals surface area contributed by atoms with Gasteiger partial charge >= 0.3 is 6.03 Å². The summed E-state index contributed by atoms with van der Waals surface area (Å²) in [6, 6.07) is 9.02. The summed E-state index contributed by atoms with van der Waals surface area (Å²) in [6.07, 6.45) is 0. The van der Waals surface area contributed by atoms with Crippen LogP contribution in [0.15, 0.2) is 42.5 Å². The van der Waals surface area contributed by atoms with E-state index < -0.39 is 41.4 Å². The number of halogens is 2. The highest BCUT2D eigenvalue weighted by Gasteiger charge is 2.51. The Morgan fingerprint density at radius 3 is 2.62 bits per heavy atom. The number of carbonyl (C=O) groups is 3. The second-order valence-corrected chi connectivity index (χ2v) is 7.16. The number of carbonyl (C=O) groups excluding carboxylic acids is 3.